The fourth-order valence-corrected chi connectivity index (χ4v) is 1.40. The van der Waals surface area contributed by atoms with Crippen LogP contribution in [0.25, 0.3) is 0 Å². The summed E-state index contributed by atoms with van der Waals surface area (Å²) in [4.78, 5) is 54.8. The summed E-state index contributed by atoms with van der Waals surface area (Å²) in [5.41, 5.74) is -1.55. The second-order valence-corrected chi connectivity index (χ2v) is 3.65. The Hall–Kier alpha value is -2.54. The third kappa shape index (κ3) is 3.02. The number of carboxylic acid groups (broad SMARTS) is 2. The van der Waals surface area contributed by atoms with Gasteiger partial charge in [0.2, 0.25) is 0 Å². The van der Waals surface area contributed by atoms with Crippen molar-refractivity contribution in [3.05, 3.63) is 34.9 Å². The minimum atomic E-state index is -1.89. The number of benzene rings is 1. The first-order valence-corrected chi connectivity index (χ1v) is 5.02. The summed E-state index contributed by atoms with van der Waals surface area (Å²) in [5, 5.41) is 16.2. The van der Waals surface area contributed by atoms with Crippen molar-refractivity contribution in [2.45, 2.75) is 0 Å². The third-order valence-electron chi connectivity index (χ3n) is 2.12. The van der Waals surface area contributed by atoms with Crippen molar-refractivity contribution in [1.82, 2.24) is 0 Å². The van der Waals surface area contributed by atoms with Crippen molar-refractivity contribution >= 4 is 40.3 Å². The number of hydrogen-bond acceptors (Lipinski definition) is 5. The van der Waals surface area contributed by atoms with Crippen LogP contribution < -0.4 is 0 Å². The summed E-state index contributed by atoms with van der Waals surface area (Å²) in [6.45, 7) is 0. The van der Waals surface area contributed by atoms with Crippen LogP contribution in [0.2, 0.25) is 0 Å². The maximum absolute atomic E-state index is 11.4. The lowest BCUT2D eigenvalue weighted by Crippen LogP contribution is -2.21. The number of rotatable bonds is 5. The van der Waals surface area contributed by atoms with Gasteiger partial charge in [0.05, 0.1) is 0 Å². The Morgan fingerprint density at radius 1 is 0.842 bits per heavy atom. The molecule has 0 unspecified atom stereocenters. The highest BCUT2D eigenvalue weighted by Crippen LogP contribution is 2.16. The molecular weight excluding hydrogens is 280 g/mol. The number of ketones is 2. The topological polar surface area (TPSA) is 126 Å². The first kappa shape index (κ1) is 14.5. The lowest BCUT2D eigenvalue weighted by atomic mass is 9.97. The number of carbonyl (C=O) groups is 5. The smallest absolute Gasteiger partial charge is 0.377 e. The summed E-state index contributed by atoms with van der Waals surface area (Å²) in [7, 11) is 0. The lowest BCUT2D eigenvalue weighted by molar-refractivity contribution is -0.132. The van der Waals surface area contributed by atoms with Crippen LogP contribution in [0.15, 0.2) is 18.2 Å². The average Bonchev–Trinajstić information content (AvgIpc) is 2.35. The van der Waals surface area contributed by atoms with Gasteiger partial charge in [-0.25, -0.2) is 9.59 Å². The molecule has 0 bridgehead atoms. The van der Waals surface area contributed by atoms with Crippen LogP contribution >= 0.6 is 11.6 Å². The Bertz CT molecular complexity index is 617. The Morgan fingerprint density at radius 3 is 1.74 bits per heavy atom. The number of carboxylic acids is 2. The van der Waals surface area contributed by atoms with E-state index in [1.807, 2.05) is 0 Å². The van der Waals surface area contributed by atoms with E-state index in [0.717, 1.165) is 18.2 Å². The van der Waals surface area contributed by atoms with E-state index in [0.29, 0.717) is 0 Å². The monoisotopic (exact) mass is 284 g/mol. The molecule has 0 heterocycles. The Balaban J connectivity index is 3.51. The predicted molar refractivity (Wildman–Crippen MR) is 60.6 cm³/mol. The second-order valence-electron chi connectivity index (χ2n) is 3.30. The number of halogens is 1. The van der Waals surface area contributed by atoms with E-state index in [-0.39, 0.29) is 5.56 Å². The van der Waals surface area contributed by atoms with Gasteiger partial charge in [-0.15, -0.1) is 0 Å². The normalized spacial score (nSPS) is 9.74. The molecule has 7 nitrogen and oxygen atoms in total. The average molecular weight is 285 g/mol. The molecule has 0 atom stereocenters. The molecule has 0 aliphatic carbocycles. The fourth-order valence-electron chi connectivity index (χ4n) is 1.28. The van der Waals surface area contributed by atoms with Crippen LogP contribution in [0.4, 0.5) is 0 Å². The maximum Gasteiger partial charge on any atom is 0.377 e. The zero-order valence-corrected chi connectivity index (χ0v) is 9.80. The van der Waals surface area contributed by atoms with Gasteiger partial charge in [0.15, 0.2) is 0 Å². The standard InChI is InChI=1S/C11H5ClO7/c12-9(15)4-1-2-5(7(13)10(16)17)6(3-4)8(14)11(18)19/h1-3H,(H,16,17)(H,18,19). The van der Waals surface area contributed by atoms with Crippen LogP contribution in [0.3, 0.4) is 0 Å². The van der Waals surface area contributed by atoms with Gasteiger partial charge in [-0.05, 0) is 29.8 Å². The summed E-state index contributed by atoms with van der Waals surface area (Å²) in [6, 6.07) is 2.65. The molecule has 2 N–H and O–H groups in total. The summed E-state index contributed by atoms with van der Waals surface area (Å²) in [6.07, 6.45) is 0. The SMILES string of the molecule is O=C(O)C(=O)c1ccc(C(=O)Cl)cc1C(=O)C(=O)O. The molecule has 0 aliphatic heterocycles. The molecule has 1 rings (SSSR count). The molecule has 1 aromatic rings. The van der Waals surface area contributed by atoms with E-state index >= 15 is 0 Å². The van der Waals surface area contributed by atoms with Crippen LogP contribution in [0.5, 0.6) is 0 Å². The van der Waals surface area contributed by atoms with Crippen molar-refractivity contribution in [2.75, 3.05) is 0 Å². The Kier molecular flexibility index (Phi) is 4.13. The van der Waals surface area contributed by atoms with Crippen LogP contribution in [-0.2, 0) is 9.59 Å². The zero-order valence-electron chi connectivity index (χ0n) is 9.05. The van der Waals surface area contributed by atoms with Crippen LogP contribution in [0.1, 0.15) is 31.1 Å². The predicted octanol–water partition coefficient (Wildman–Crippen LogP) is 0.600. The quantitative estimate of drug-likeness (QED) is 0.460. The van der Waals surface area contributed by atoms with E-state index in [1.54, 1.807) is 0 Å². The second kappa shape index (κ2) is 5.40. The highest BCUT2D eigenvalue weighted by Gasteiger charge is 2.26. The van der Waals surface area contributed by atoms with Gasteiger partial charge in [0, 0.05) is 16.7 Å². The molecule has 0 radical (unpaired) electrons. The van der Waals surface area contributed by atoms with Crippen LogP contribution in [0, 0.1) is 0 Å². The highest BCUT2D eigenvalue weighted by atomic mass is 35.5. The van der Waals surface area contributed by atoms with E-state index in [9.17, 15) is 24.0 Å². The first-order chi connectivity index (χ1) is 8.75. The van der Waals surface area contributed by atoms with Gasteiger partial charge in [0.1, 0.15) is 0 Å². The molecular formula is C11H5ClO7. The molecule has 0 aliphatic rings. The summed E-state index contributed by atoms with van der Waals surface area (Å²) in [5.74, 6) is -6.72. The number of aliphatic carboxylic acids is 2. The molecule has 98 valence electrons. The summed E-state index contributed by atoms with van der Waals surface area (Å²) >= 11 is 5.15. The molecule has 0 fully saturated rings. The lowest BCUT2D eigenvalue weighted by Gasteiger charge is -2.05. The van der Waals surface area contributed by atoms with Gasteiger partial charge in [0.25, 0.3) is 16.8 Å². The van der Waals surface area contributed by atoms with Crippen molar-refractivity contribution in [1.29, 1.82) is 0 Å². The number of carbonyl (C=O) groups excluding carboxylic acids is 3. The Labute approximate surface area is 110 Å². The number of Topliss-reactive ketones (excluding diaryl/α,β-unsaturated/α-hetero) is 2. The van der Waals surface area contributed by atoms with Gasteiger partial charge in [-0.2, -0.15) is 0 Å². The van der Waals surface area contributed by atoms with E-state index in [2.05, 4.69) is 0 Å². The molecule has 0 saturated heterocycles. The highest BCUT2D eigenvalue weighted by molar-refractivity contribution is 6.67. The van der Waals surface area contributed by atoms with Gasteiger partial charge in [-0.1, -0.05) is 0 Å². The van der Waals surface area contributed by atoms with Crippen molar-refractivity contribution in [2.24, 2.45) is 0 Å². The zero-order chi connectivity index (χ0) is 14.7. The van der Waals surface area contributed by atoms with Gasteiger partial charge in [-0.3, -0.25) is 14.4 Å². The summed E-state index contributed by atoms with van der Waals surface area (Å²) < 4.78 is 0. The van der Waals surface area contributed by atoms with Gasteiger partial charge >= 0.3 is 11.9 Å². The third-order valence-corrected chi connectivity index (χ3v) is 2.34. The molecule has 0 aromatic heterocycles. The molecule has 0 spiro atoms. The van der Waals surface area contributed by atoms with Crippen molar-refractivity contribution < 1.29 is 34.2 Å². The maximum atomic E-state index is 11.4. The Morgan fingerprint density at radius 2 is 1.32 bits per heavy atom. The van der Waals surface area contributed by atoms with Crippen molar-refractivity contribution in [3.63, 3.8) is 0 Å². The minimum Gasteiger partial charge on any atom is -0.475 e. The van der Waals surface area contributed by atoms with Crippen LogP contribution in [-0.4, -0.2) is 39.0 Å². The minimum absolute atomic E-state index is 0.229. The van der Waals surface area contributed by atoms with Gasteiger partial charge < -0.3 is 10.2 Å². The van der Waals surface area contributed by atoms with E-state index in [1.165, 1.54) is 0 Å². The molecule has 19 heavy (non-hydrogen) atoms. The first-order valence-electron chi connectivity index (χ1n) is 4.64. The van der Waals surface area contributed by atoms with Crippen molar-refractivity contribution in [3.8, 4) is 0 Å². The molecule has 0 amide bonds. The molecule has 0 saturated carbocycles. The molecule has 1 aromatic carbocycles. The van der Waals surface area contributed by atoms with E-state index < -0.39 is 39.9 Å². The number of hydrogen-bond donors (Lipinski definition) is 2. The largest absolute Gasteiger partial charge is 0.475 e. The fraction of sp³-hybridized carbons (Fsp3) is 0. The van der Waals surface area contributed by atoms with E-state index in [4.69, 9.17) is 21.8 Å². The molecule has 8 heteroatoms.